The van der Waals surface area contributed by atoms with Gasteiger partial charge in [-0.3, -0.25) is 25.2 Å². The summed E-state index contributed by atoms with van der Waals surface area (Å²) >= 11 is 0. The largest absolute Gasteiger partial charge is 0.388 e. The standard InChI is InChI=1S/C22H29N5O4S/c23-20(24)7-10-26-22(29)17-8-11-27(12-9-17)15-25-14-21(28)32(30,31)19-6-5-16-3-1-2-4-18(16)13-19/h1-6,13,17,25H,7-12,14-15H2,(H3,23,24)(H,26,29). The van der Waals surface area contributed by atoms with Crippen molar-refractivity contribution in [2.75, 3.05) is 32.8 Å². The molecule has 1 amide bonds. The van der Waals surface area contributed by atoms with Gasteiger partial charge in [-0.05, 0) is 35.7 Å². The highest BCUT2D eigenvalue weighted by molar-refractivity contribution is 8.06. The molecular weight excluding hydrogens is 430 g/mol. The molecule has 0 radical (unpaired) electrons. The van der Waals surface area contributed by atoms with E-state index in [0.717, 1.165) is 10.8 Å². The Morgan fingerprint density at radius 2 is 1.78 bits per heavy atom. The van der Waals surface area contributed by atoms with Crippen LogP contribution < -0.4 is 16.4 Å². The van der Waals surface area contributed by atoms with Gasteiger partial charge >= 0.3 is 0 Å². The number of sulfone groups is 1. The van der Waals surface area contributed by atoms with Crippen LogP contribution in [0.3, 0.4) is 0 Å². The van der Waals surface area contributed by atoms with Crippen molar-refractivity contribution in [1.29, 1.82) is 5.41 Å². The molecule has 2 aromatic rings. The van der Waals surface area contributed by atoms with Crippen LogP contribution in [0, 0.1) is 11.3 Å². The Kier molecular flexibility index (Phi) is 7.94. The van der Waals surface area contributed by atoms with Crippen LogP contribution in [0.1, 0.15) is 19.3 Å². The number of nitrogens with two attached hydrogens (primary N) is 1. The number of amidine groups is 1. The second-order valence-corrected chi connectivity index (χ2v) is 9.86. The Morgan fingerprint density at radius 3 is 2.47 bits per heavy atom. The lowest BCUT2D eigenvalue weighted by Crippen LogP contribution is -2.45. The normalized spacial score (nSPS) is 15.5. The van der Waals surface area contributed by atoms with Gasteiger partial charge in [0.15, 0.2) is 0 Å². The summed E-state index contributed by atoms with van der Waals surface area (Å²) in [7, 11) is -4.07. The number of nitrogens with zero attached hydrogens (tertiary/aromatic N) is 1. The molecule has 0 unspecified atom stereocenters. The molecule has 32 heavy (non-hydrogen) atoms. The molecule has 10 heteroatoms. The lowest BCUT2D eigenvalue weighted by atomic mass is 9.96. The Balaban J connectivity index is 1.43. The fourth-order valence-corrected chi connectivity index (χ4v) is 4.78. The molecule has 5 N–H and O–H groups in total. The zero-order chi connectivity index (χ0) is 23.1. The van der Waals surface area contributed by atoms with Crippen molar-refractivity contribution in [2.45, 2.75) is 24.2 Å². The van der Waals surface area contributed by atoms with Crippen molar-refractivity contribution in [3.8, 4) is 0 Å². The van der Waals surface area contributed by atoms with E-state index in [4.69, 9.17) is 11.1 Å². The number of carbonyl (C=O) groups is 2. The third kappa shape index (κ3) is 6.12. The molecule has 0 aromatic heterocycles. The highest BCUT2D eigenvalue weighted by Crippen LogP contribution is 2.20. The summed E-state index contributed by atoms with van der Waals surface area (Å²) in [6, 6.07) is 12.1. The number of carbonyl (C=O) groups excluding carboxylic acids is 2. The average Bonchev–Trinajstić information content (AvgIpc) is 2.78. The molecule has 1 fully saturated rings. The van der Waals surface area contributed by atoms with E-state index >= 15 is 0 Å². The molecule has 172 valence electrons. The van der Waals surface area contributed by atoms with Crippen LogP contribution in [-0.4, -0.2) is 63.0 Å². The quantitative estimate of drug-likeness (QED) is 0.321. The van der Waals surface area contributed by atoms with Crippen molar-refractivity contribution >= 4 is 37.5 Å². The number of benzene rings is 2. The van der Waals surface area contributed by atoms with Gasteiger partial charge in [0.2, 0.25) is 15.7 Å². The summed E-state index contributed by atoms with van der Waals surface area (Å²) in [6.07, 6.45) is 1.69. The van der Waals surface area contributed by atoms with E-state index in [9.17, 15) is 18.0 Å². The molecule has 1 aliphatic rings. The minimum absolute atomic E-state index is 0.000371. The van der Waals surface area contributed by atoms with Crippen LogP contribution in [0.25, 0.3) is 10.8 Å². The van der Waals surface area contributed by atoms with Gasteiger partial charge in [0.1, 0.15) is 0 Å². The molecule has 2 aromatic carbocycles. The summed E-state index contributed by atoms with van der Waals surface area (Å²) in [6.45, 7) is 1.80. The maximum atomic E-state index is 12.6. The Bertz CT molecular complexity index is 1090. The molecule has 0 aliphatic carbocycles. The van der Waals surface area contributed by atoms with Gasteiger partial charge in [0.05, 0.1) is 17.3 Å². The summed E-state index contributed by atoms with van der Waals surface area (Å²) < 4.78 is 25.3. The first-order valence-electron chi connectivity index (χ1n) is 10.6. The average molecular weight is 460 g/mol. The fraction of sp³-hybridized carbons (Fsp3) is 0.409. The molecule has 0 atom stereocenters. The number of fused-ring (bicyclic) bond motifs is 1. The number of hydrogen-bond acceptors (Lipinski definition) is 7. The molecule has 9 nitrogen and oxygen atoms in total. The summed E-state index contributed by atoms with van der Waals surface area (Å²) in [5.41, 5.74) is 5.28. The van der Waals surface area contributed by atoms with Gasteiger partial charge in [0, 0.05) is 38.6 Å². The van der Waals surface area contributed by atoms with Crippen LogP contribution in [0.2, 0.25) is 0 Å². The molecule has 0 spiro atoms. The van der Waals surface area contributed by atoms with E-state index in [0.29, 0.717) is 45.6 Å². The predicted molar refractivity (Wildman–Crippen MR) is 123 cm³/mol. The van der Waals surface area contributed by atoms with Gasteiger partial charge in [-0.1, -0.05) is 30.3 Å². The highest BCUT2D eigenvalue weighted by atomic mass is 32.2. The second kappa shape index (κ2) is 10.7. The minimum Gasteiger partial charge on any atom is -0.388 e. The van der Waals surface area contributed by atoms with Crippen molar-refractivity contribution in [2.24, 2.45) is 11.7 Å². The van der Waals surface area contributed by atoms with Gasteiger partial charge in [-0.25, -0.2) is 8.42 Å². The molecule has 0 bridgehead atoms. The van der Waals surface area contributed by atoms with Crippen molar-refractivity contribution in [1.82, 2.24) is 15.5 Å². The van der Waals surface area contributed by atoms with Crippen molar-refractivity contribution in [3.05, 3.63) is 42.5 Å². The molecule has 1 heterocycles. The van der Waals surface area contributed by atoms with Crippen molar-refractivity contribution in [3.63, 3.8) is 0 Å². The number of amides is 1. The number of nitrogens with one attached hydrogen (secondary N) is 3. The molecular formula is C22H29N5O4S. The first-order chi connectivity index (χ1) is 15.3. The minimum atomic E-state index is -4.07. The van der Waals surface area contributed by atoms with Gasteiger partial charge in [-0.2, -0.15) is 0 Å². The maximum absolute atomic E-state index is 12.6. The van der Waals surface area contributed by atoms with Gasteiger partial charge in [0.25, 0.3) is 5.12 Å². The summed E-state index contributed by atoms with van der Waals surface area (Å²) in [5, 5.41) is 13.7. The fourth-order valence-electron chi connectivity index (χ4n) is 3.70. The van der Waals surface area contributed by atoms with E-state index in [-0.39, 0.29) is 29.1 Å². The zero-order valence-corrected chi connectivity index (χ0v) is 18.7. The number of piperidine rings is 1. The Hall–Kier alpha value is -2.82. The van der Waals surface area contributed by atoms with Crippen molar-refractivity contribution < 1.29 is 18.0 Å². The highest BCUT2D eigenvalue weighted by Gasteiger charge is 2.27. The van der Waals surface area contributed by atoms with Crippen LogP contribution in [0.15, 0.2) is 47.4 Å². The van der Waals surface area contributed by atoms with Crippen LogP contribution in [0.5, 0.6) is 0 Å². The summed E-state index contributed by atoms with van der Waals surface area (Å²) in [5.74, 6) is -0.0768. The molecule has 0 saturated carbocycles. The Labute approximate surface area is 187 Å². The number of likely N-dealkylation sites (tertiary alicyclic amines) is 1. The SMILES string of the molecule is N=C(N)CCNC(=O)C1CCN(CNCC(=O)S(=O)(=O)c2ccc3ccccc3c2)CC1. The smallest absolute Gasteiger partial charge is 0.264 e. The first kappa shape index (κ1) is 23.8. The summed E-state index contributed by atoms with van der Waals surface area (Å²) in [4.78, 5) is 26.6. The monoisotopic (exact) mass is 459 g/mol. The van der Waals surface area contributed by atoms with E-state index < -0.39 is 15.0 Å². The van der Waals surface area contributed by atoms with E-state index in [1.165, 1.54) is 12.1 Å². The number of rotatable bonds is 9. The zero-order valence-electron chi connectivity index (χ0n) is 17.8. The first-order valence-corrected chi connectivity index (χ1v) is 12.1. The van der Waals surface area contributed by atoms with E-state index in [1.54, 1.807) is 6.07 Å². The van der Waals surface area contributed by atoms with Gasteiger partial charge in [-0.15, -0.1) is 0 Å². The van der Waals surface area contributed by atoms with Gasteiger partial charge < -0.3 is 11.1 Å². The lowest BCUT2D eigenvalue weighted by molar-refractivity contribution is -0.126. The predicted octanol–water partition coefficient (Wildman–Crippen LogP) is 0.841. The maximum Gasteiger partial charge on any atom is 0.264 e. The third-order valence-electron chi connectivity index (χ3n) is 5.59. The molecule has 1 aliphatic heterocycles. The number of hydrogen-bond donors (Lipinski definition) is 4. The van der Waals surface area contributed by atoms with Crippen LogP contribution in [-0.2, 0) is 19.4 Å². The second-order valence-electron chi connectivity index (χ2n) is 7.93. The topological polar surface area (TPSA) is 145 Å². The van der Waals surface area contributed by atoms with Crippen LogP contribution in [0.4, 0.5) is 0 Å². The third-order valence-corrected chi connectivity index (χ3v) is 7.21. The molecule has 3 rings (SSSR count). The van der Waals surface area contributed by atoms with E-state index in [2.05, 4.69) is 15.5 Å². The molecule has 1 saturated heterocycles. The lowest BCUT2D eigenvalue weighted by Gasteiger charge is -2.31. The Morgan fingerprint density at radius 1 is 1.09 bits per heavy atom. The van der Waals surface area contributed by atoms with Crippen LogP contribution >= 0.6 is 0 Å². The van der Waals surface area contributed by atoms with E-state index in [1.807, 2.05) is 24.3 Å².